The Bertz CT molecular complexity index is 1620. The van der Waals surface area contributed by atoms with E-state index in [1.165, 1.54) is 0 Å². The zero-order valence-electron chi connectivity index (χ0n) is 24.5. The molecule has 2 amide bonds. The van der Waals surface area contributed by atoms with E-state index < -0.39 is 0 Å². The number of ether oxygens (including phenoxy) is 1. The van der Waals surface area contributed by atoms with Crippen LogP contribution in [0.15, 0.2) is 60.7 Å². The molecule has 0 heterocycles. The largest absolute Gasteiger partial charge is 0.506 e. The van der Waals surface area contributed by atoms with Crippen LogP contribution in [0.25, 0.3) is 32.7 Å². The highest BCUT2D eigenvalue weighted by molar-refractivity contribution is 7.80. The molecule has 0 saturated carbocycles. The summed E-state index contributed by atoms with van der Waals surface area (Å²) in [6.07, 6.45) is 0. The third-order valence-corrected chi connectivity index (χ3v) is 7.84. The van der Waals surface area contributed by atoms with Gasteiger partial charge in [0.15, 0.2) is 5.75 Å². The molecule has 0 radical (unpaired) electrons. The van der Waals surface area contributed by atoms with Gasteiger partial charge in [0.25, 0.3) is 17.0 Å². The smallest absolute Gasteiger partial charge is 0.264 e. The first-order valence-corrected chi connectivity index (χ1v) is 14.4. The SMILES string of the molecule is CCN(CC)C(=O)c1cc2ccccc2c(-c2c(OC(=S)N(C)C)c(C(=O)N(CC)CC)cc3ccccc23)c1O. The van der Waals surface area contributed by atoms with Crippen molar-refractivity contribution in [2.24, 2.45) is 0 Å². The van der Waals surface area contributed by atoms with Crippen molar-refractivity contribution < 1.29 is 19.4 Å². The van der Waals surface area contributed by atoms with Gasteiger partial charge in [-0.15, -0.1) is 0 Å². The first kappa shape index (κ1) is 29.8. The third-order valence-electron chi connectivity index (χ3n) is 7.39. The van der Waals surface area contributed by atoms with Crippen LogP contribution in [0, 0.1) is 0 Å². The molecule has 0 fully saturated rings. The van der Waals surface area contributed by atoms with Crippen molar-refractivity contribution in [2.75, 3.05) is 40.3 Å². The molecular formula is C33H37N3O4S. The van der Waals surface area contributed by atoms with Crippen LogP contribution in [0.1, 0.15) is 48.4 Å². The average molecular weight is 572 g/mol. The second-order valence-corrected chi connectivity index (χ2v) is 10.3. The molecule has 4 aromatic carbocycles. The van der Waals surface area contributed by atoms with Crippen LogP contribution in [-0.4, -0.2) is 77.1 Å². The predicted octanol–water partition coefficient (Wildman–Crippen LogP) is 6.55. The van der Waals surface area contributed by atoms with Crippen molar-refractivity contribution in [1.82, 2.24) is 14.7 Å². The highest BCUT2D eigenvalue weighted by Crippen LogP contribution is 2.48. The number of phenols is 1. The van der Waals surface area contributed by atoms with Gasteiger partial charge in [0, 0.05) is 51.4 Å². The van der Waals surface area contributed by atoms with Crippen LogP contribution in [0.3, 0.4) is 0 Å². The standard InChI is InChI=1S/C33H37N3O4S/c1-7-35(8-2)31(38)25-19-21-15-11-13-17-23(21)27(29(25)37)28-24-18-14-12-16-22(24)20-26(32(39)36(9-3)10-4)30(28)40-33(41)34(5)6/h11-20,37H,7-10H2,1-6H3. The lowest BCUT2D eigenvalue weighted by molar-refractivity contribution is 0.0762. The summed E-state index contributed by atoms with van der Waals surface area (Å²) in [6, 6.07) is 18.8. The second kappa shape index (κ2) is 12.6. The Morgan fingerprint density at radius 3 is 1.66 bits per heavy atom. The molecule has 0 bridgehead atoms. The molecule has 0 aliphatic heterocycles. The van der Waals surface area contributed by atoms with Crippen LogP contribution >= 0.6 is 12.2 Å². The van der Waals surface area contributed by atoms with Crippen molar-refractivity contribution in [1.29, 1.82) is 0 Å². The van der Waals surface area contributed by atoms with E-state index in [4.69, 9.17) is 17.0 Å². The van der Waals surface area contributed by atoms with Crippen LogP contribution in [0.5, 0.6) is 11.5 Å². The molecule has 0 saturated heterocycles. The summed E-state index contributed by atoms with van der Waals surface area (Å²) in [5.41, 5.74) is 1.44. The predicted molar refractivity (Wildman–Crippen MR) is 170 cm³/mol. The Morgan fingerprint density at radius 1 is 0.732 bits per heavy atom. The summed E-state index contributed by atoms with van der Waals surface area (Å²) >= 11 is 5.58. The van der Waals surface area contributed by atoms with Gasteiger partial charge < -0.3 is 24.5 Å². The average Bonchev–Trinajstić information content (AvgIpc) is 2.98. The summed E-state index contributed by atoms with van der Waals surface area (Å²) in [4.78, 5) is 32.7. The maximum absolute atomic E-state index is 14.0. The van der Waals surface area contributed by atoms with Gasteiger partial charge in [0.05, 0.1) is 11.1 Å². The van der Waals surface area contributed by atoms with E-state index in [9.17, 15) is 14.7 Å². The maximum atomic E-state index is 14.0. The van der Waals surface area contributed by atoms with E-state index in [0.29, 0.717) is 42.9 Å². The van der Waals surface area contributed by atoms with Gasteiger partial charge in [-0.2, -0.15) is 0 Å². The lowest BCUT2D eigenvalue weighted by Crippen LogP contribution is -2.32. The van der Waals surface area contributed by atoms with Crippen LogP contribution in [0.4, 0.5) is 0 Å². The number of carbonyl (C=O) groups is 2. The fraction of sp³-hybridized carbons (Fsp3) is 0.303. The fourth-order valence-electron chi connectivity index (χ4n) is 5.14. The number of rotatable bonds is 8. The van der Waals surface area contributed by atoms with Gasteiger partial charge in [-0.3, -0.25) is 9.59 Å². The normalized spacial score (nSPS) is 11.0. The second-order valence-electron chi connectivity index (χ2n) is 9.94. The monoisotopic (exact) mass is 571 g/mol. The summed E-state index contributed by atoms with van der Waals surface area (Å²) in [6.45, 7) is 9.69. The summed E-state index contributed by atoms with van der Waals surface area (Å²) < 4.78 is 6.36. The van der Waals surface area contributed by atoms with Gasteiger partial charge in [-0.1, -0.05) is 48.5 Å². The molecule has 4 aromatic rings. The molecular weight excluding hydrogens is 534 g/mol. The minimum absolute atomic E-state index is 0.161. The number of amides is 2. The van der Waals surface area contributed by atoms with Gasteiger partial charge in [0.2, 0.25) is 0 Å². The number of thiocarbonyl (C=S) groups is 1. The number of phenolic OH excluding ortho intramolecular Hbond substituents is 1. The third kappa shape index (κ3) is 5.57. The topological polar surface area (TPSA) is 73.3 Å². The number of nitrogens with zero attached hydrogens (tertiary/aromatic N) is 3. The van der Waals surface area contributed by atoms with E-state index in [0.717, 1.165) is 21.5 Å². The van der Waals surface area contributed by atoms with Crippen LogP contribution < -0.4 is 4.74 Å². The number of fused-ring (bicyclic) bond motifs is 2. The molecule has 0 aliphatic rings. The fourth-order valence-corrected chi connectivity index (χ4v) is 5.22. The number of carbonyl (C=O) groups excluding carboxylic acids is 2. The highest BCUT2D eigenvalue weighted by Gasteiger charge is 2.30. The number of benzene rings is 4. The van der Waals surface area contributed by atoms with E-state index in [-0.39, 0.29) is 34.1 Å². The molecule has 41 heavy (non-hydrogen) atoms. The Labute approximate surface area is 246 Å². The molecule has 0 spiro atoms. The zero-order chi connectivity index (χ0) is 29.8. The summed E-state index contributed by atoms with van der Waals surface area (Å²) in [5, 5.41) is 15.2. The van der Waals surface area contributed by atoms with Gasteiger partial charge in [0.1, 0.15) is 5.75 Å². The van der Waals surface area contributed by atoms with Gasteiger partial charge in [-0.25, -0.2) is 0 Å². The summed E-state index contributed by atoms with van der Waals surface area (Å²) in [5.74, 6) is -0.408. The molecule has 0 aliphatic carbocycles. The van der Waals surface area contributed by atoms with Crippen molar-refractivity contribution in [2.45, 2.75) is 27.7 Å². The molecule has 8 heteroatoms. The van der Waals surface area contributed by atoms with E-state index >= 15 is 0 Å². The highest BCUT2D eigenvalue weighted by atomic mass is 32.1. The van der Waals surface area contributed by atoms with Gasteiger partial charge >= 0.3 is 0 Å². The molecule has 214 valence electrons. The summed E-state index contributed by atoms with van der Waals surface area (Å²) in [7, 11) is 3.54. The zero-order valence-corrected chi connectivity index (χ0v) is 25.3. The lowest BCUT2D eigenvalue weighted by Gasteiger charge is -2.26. The number of hydrogen-bond donors (Lipinski definition) is 1. The Balaban J connectivity index is 2.22. The molecule has 0 aromatic heterocycles. The molecule has 4 rings (SSSR count). The van der Waals surface area contributed by atoms with Crippen LogP contribution in [0.2, 0.25) is 0 Å². The van der Waals surface area contributed by atoms with Crippen molar-refractivity contribution >= 4 is 50.8 Å². The molecule has 7 nitrogen and oxygen atoms in total. The number of aromatic hydroxyl groups is 1. The maximum Gasteiger partial charge on any atom is 0.264 e. The first-order chi connectivity index (χ1) is 19.7. The Kier molecular flexibility index (Phi) is 9.13. The number of hydrogen-bond acceptors (Lipinski definition) is 5. The van der Waals surface area contributed by atoms with E-state index in [2.05, 4.69) is 0 Å². The molecule has 1 N–H and O–H groups in total. The quantitative estimate of drug-likeness (QED) is 0.242. The Hall–Kier alpha value is -4.17. The van der Waals surface area contributed by atoms with Crippen molar-refractivity contribution in [3.05, 3.63) is 71.8 Å². The lowest BCUT2D eigenvalue weighted by atomic mass is 9.88. The minimum Gasteiger partial charge on any atom is -0.506 e. The first-order valence-electron chi connectivity index (χ1n) is 14.0. The van der Waals surface area contributed by atoms with Crippen molar-refractivity contribution in [3.63, 3.8) is 0 Å². The van der Waals surface area contributed by atoms with E-state index in [1.807, 2.05) is 82.3 Å². The molecule has 0 atom stereocenters. The van der Waals surface area contributed by atoms with Crippen LogP contribution in [-0.2, 0) is 0 Å². The van der Waals surface area contributed by atoms with Gasteiger partial charge in [-0.05, 0) is 73.6 Å². The Morgan fingerprint density at radius 2 is 1.17 bits per heavy atom. The minimum atomic E-state index is -0.273. The molecule has 0 unspecified atom stereocenters. The van der Waals surface area contributed by atoms with Crippen molar-refractivity contribution in [3.8, 4) is 22.6 Å². The van der Waals surface area contributed by atoms with E-state index in [1.54, 1.807) is 34.9 Å².